The van der Waals surface area contributed by atoms with Gasteiger partial charge in [-0.05, 0) is 18.9 Å². The molecular formula is C11H11N2O7-. The minimum atomic E-state index is -1.42. The topological polar surface area (TPSA) is 147 Å². The van der Waals surface area contributed by atoms with Gasteiger partial charge in [0.2, 0.25) is 0 Å². The fourth-order valence-electron chi connectivity index (χ4n) is 1.66. The number of aryl methyl sites for hydroxylation is 1. The van der Waals surface area contributed by atoms with Gasteiger partial charge in [0.25, 0.3) is 11.4 Å². The molecule has 9 nitrogen and oxygen atoms in total. The molecule has 20 heavy (non-hydrogen) atoms. The van der Waals surface area contributed by atoms with Crippen LogP contribution in [-0.2, 0) is 11.2 Å². The second-order valence-corrected chi connectivity index (χ2v) is 4.10. The number of benzene rings is 1. The zero-order valence-corrected chi connectivity index (χ0v) is 10.2. The van der Waals surface area contributed by atoms with Gasteiger partial charge in [0.1, 0.15) is 0 Å². The fraction of sp³-hybridized carbons (Fsp3) is 0.364. The molecule has 0 bridgehead atoms. The molecule has 0 amide bonds. The third-order valence-electron chi connectivity index (χ3n) is 2.63. The summed E-state index contributed by atoms with van der Waals surface area (Å²) in [5, 5.41) is 41.0. The largest absolute Gasteiger partial charge is 0.550 e. The Bertz CT molecular complexity index is 544. The Hall–Kier alpha value is -2.55. The summed E-state index contributed by atoms with van der Waals surface area (Å²) < 4.78 is 0. The first kappa shape index (κ1) is 15.5. The summed E-state index contributed by atoms with van der Waals surface area (Å²) in [7, 11) is 0. The number of nitro benzene ring substituents is 2. The van der Waals surface area contributed by atoms with Crippen LogP contribution in [0.5, 0.6) is 0 Å². The molecule has 1 rings (SSSR count). The average Bonchev–Trinajstić information content (AvgIpc) is 2.35. The van der Waals surface area contributed by atoms with E-state index < -0.39 is 39.7 Å². The number of rotatable bonds is 7. The van der Waals surface area contributed by atoms with Crippen molar-refractivity contribution in [1.29, 1.82) is 0 Å². The maximum atomic E-state index is 10.8. The quantitative estimate of drug-likeness (QED) is 0.544. The van der Waals surface area contributed by atoms with Gasteiger partial charge in [0.05, 0.1) is 22.0 Å². The maximum absolute atomic E-state index is 10.8. The van der Waals surface area contributed by atoms with E-state index in [1.165, 1.54) is 6.07 Å². The third kappa shape index (κ3) is 4.28. The number of carbonyl (C=O) groups excluding carboxylic acids is 1. The Kier molecular flexibility index (Phi) is 5.09. The van der Waals surface area contributed by atoms with E-state index in [9.17, 15) is 35.2 Å². The van der Waals surface area contributed by atoms with Gasteiger partial charge < -0.3 is 15.0 Å². The molecule has 0 spiro atoms. The van der Waals surface area contributed by atoms with E-state index in [2.05, 4.69) is 0 Å². The van der Waals surface area contributed by atoms with E-state index >= 15 is 0 Å². The van der Waals surface area contributed by atoms with Crippen LogP contribution in [0.4, 0.5) is 11.4 Å². The van der Waals surface area contributed by atoms with Gasteiger partial charge in [0.15, 0.2) is 0 Å². The van der Waals surface area contributed by atoms with E-state index in [-0.39, 0.29) is 18.4 Å². The lowest BCUT2D eigenvalue weighted by Gasteiger charge is -2.10. The van der Waals surface area contributed by atoms with E-state index in [4.69, 9.17) is 0 Å². The minimum absolute atomic E-state index is 0.0212. The van der Waals surface area contributed by atoms with Gasteiger partial charge in [-0.3, -0.25) is 20.2 Å². The van der Waals surface area contributed by atoms with Crippen molar-refractivity contribution in [2.24, 2.45) is 0 Å². The number of carboxylic acid groups (broad SMARTS) is 1. The molecule has 1 aromatic rings. The van der Waals surface area contributed by atoms with Crippen molar-refractivity contribution in [3.63, 3.8) is 0 Å². The predicted molar refractivity (Wildman–Crippen MR) is 63.7 cm³/mol. The number of non-ortho nitro benzene ring substituents is 1. The van der Waals surface area contributed by atoms with Crippen molar-refractivity contribution in [2.75, 3.05) is 0 Å². The molecule has 0 fully saturated rings. The molecule has 9 heteroatoms. The van der Waals surface area contributed by atoms with Gasteiger partial charge in [-0.15, -0.1) is 0 Å². The van der Waals surface area contributed by atoms with Crippen LogP contribution >= 0.6 is 0 Å². The highest BCUT2D eigenvalue weighted by Gasteiger charge is 2.19. The van der Waals surface area contributed by atoms with Crippen LogP contribution < -0.4 is 5.11 Å². The lowest BCUT2D eigenvalue weighted by Crippen LogP contribution is -2.27. The van der Waals surface area contributed by atoms with Gasteiger partial charge in [-0.2, -0.15) is 0 Å². The lowest BCUT2D eigenvalue weighted by molar-refractivity contribution is -0.394. The van der Waals surface area contributed by atoms with Crippen molar-refractivity contribution in [3.8, 4) is 0 Å². The summed E-state index contributed by atoms with van der Waals surface area (Å²) in [4.78, 5) is 30.1. The molecule has 0 aliphatic rings. The number of hydrogen-bond acceptors (Lipinski definition) is 7. The molecule has 1 unspecified atom stereocenters. The number of hydrogen-bond donors (Lipinski definition) is 1. The molecule has 1 atom stereocenters. The Morgan fingerprint density at radius 2 is 1.90 bits per heavy atom. The lowest BCUT2D eigenvalue weighted by atomic mass is 10.0. The zero-order chi connectivity index (χ0) is 15.3. The van der Waals surface area contributed by atoms with Gasteiger partial charge in [-0.25, -0.2) is 0 Å². The van der Waals surface area contributed by atoms with Gasteiger partial charge >= 0.3 is 0 Å². The van der Waals surface area contributed by atoms with Crippen LogP contribution in [0.25, 0.3) is 0 Å². The van der Waals surface area contributed by atoms with E-state index in [0.29, 0.717) is 0 Å². The van der Waals surface area contributed by atoms with Crippen LogP contribution in [0.15, 0.2) is 18.2 Å². The Balaban J connectivity index is 2.87. The molecule has 0 saturated heterocycles. The highest BCUT2D eigenvalue weighted by atomic mass is 16.6. The summed E-state index contributed by atoms with van der Waals surface area (Å²) >= 11 is 0. The zero-order valence-electron chi connectivity index (χ0n) is 10.2. The van der Waals surface area contributed by atoms with E-state index in [1.807, 2.05) is 0 Å². The number of nitrogens with zero attached hydrogens (tertiary/aromatic N) is 2. The number of aliphatic carboxylic acids is 1. The minimum Gasteiger partial charge on any atom is -0.550 e. The molecule has 0 heterocycles. The number of carboxylic acids is 1. The Morgan fingerprint density at radius 1 is 1.25 bits per heavy atom. The number of aliphatic hydroxyl groups is 1. The summed E-state index contributed by atoms with van der Waals surface area (Å²) in [6.07, 6.45) is -1.74. The van der Waals surface area contributed by atoms with Gasteiger partial charge in [0, 0.05) is 24.0 Å². The van der Waals surface area contributed by atoms with Crippen molar-refractivity contribution in [1.82, 2.24) is 0 Å². The first-order chi connectivity index (χ1) is 9.31. The summed E-state index contributed by atoms with van der Waals surface area (Å²) in [6.45, 7) is 0. The third-order valence-corrected chi connectivity index (χ3v) is 2.63. The standard InChI is InChI=1S/C11H12N2O7/c14-9(6-11(15)16)4-2-7-1-3-8(12(17)18)5-10(7)13(19)20/h1,3,5,9,14H,2,4,6H2,(H,15,16)/p-1. The molecular weight excluding hydrogens is 272 g/mol. The van der Waals surface area contributed by atoms with Crippen LogP contribution in [0, 0.1) is 20.2 Å². The van der Waals surface area contributed by atoms with E-state index in [1.54, 1.807) is 0 Å². The maximum Gasteiger partial charge on any atom is 0.279 e. The van der Waals surface area contributed by atoms with Crippen molar-refractivity contribution in [3.05, 3.63) is 44.0 Å². The molecule has 0 aromatic heterocycles. The molecule has 0 saturated carbocycles. The highest BCUT2D eigenvalue weighted by Crippen LogP contribution is 2.26. The molecule has 1 N–H and O–H groups in total. The van der Waals surface area contributed by atoms with Crippen LogP contribution in [0.1, 0.15) is 18.4 Å². The summed E-state index contributed by atoms with van der Waals surface area (Å²) in [6, 6.07) is 3.18. The average molecular weight is 283 g/mol. The first-order valence-corrected chi connectivity index (χ1v) is 5.61. The predicted octanol–water partition coefficient (Wildman–Crippen LogP) is -0.0635. The smallest absolute Gasteiger partial charge is 0.279 e. The van der Waals surface area contributed by atoms with Gasteiger partial charge in [-0.1, -0.05) is 0 Å². The first-order valence-electron chi connectivity index (χ1n) is 5.61. The summed E-state index contributed by atoms with van der Waals surface area (Å²) in [5.41, 5.74) is -0.645. The van der Waals surface area contributed by atoms with Crippen LogP contribution in [0.2, 0.25) is 0 Å². The van der Waals surface area contributed by atoms with Crippen molar-refractivity contribution < 1.29 is 24.9 Å². The summed E-state index contributed by atoms with van der Waals surface area (Å²) in [5.74, 6) is -1.42. The molecule has 1 aromatic carbocycles. The van der Waals surface area contributed by atoms with Crippen LogP contribution in [0.3, 0.4) is 0 Å². The molecule has 0 aliphatic heterocycles. The Morgan fingerprint density at radius 3 is 2.40 bits per heavy atom. The van der Waals surface area contributed by atoms with Crippen molar-refractivity contribution in [2.45, 2.75) is 25.4 Å². The monoisotopic (exact) mass is 283 g/mol. The fourth-order valence-corrected chi connectivity index (χ4v) is 1.66. The normalized spacial score (nSPS) is 11.8. The molecule has 0 radical (unpaired) electrons. The molecule has 108 valence electrons. The number of aliphatic hydroxyl groups excluding tert-OH is 1. The van der Waals surface area contributed by atoms with Crippen molar-refractivity contribution >= 4 is 17.3 Å². The number of carbonyl (C=O) groups is 1. The molecule has 0 aliphatic carbocycles. The second kappa shape index (κ2) is 6.57. The second-order valence-electron chi connectivity index (χ2n) is 4.10. The Labute approximate surface area is 112 Å². The van der Waals surface area contributed by atoms with E-state index in [0.717, 1.165) is 12.1 Å². The SMILES string of the molecule is O=C([O-])CC(O)CCc1ccc([N+](=O)[O-])cc1[N+](=O)[O-]. The van der Waals surface area contributed by atoms with Crippen LogP contribution in [-0.4, -0.2) is 27.0 Å². The number of nitro groups is 2. The highest BCUT2D eigenvalue weighted by molar-refractivity contribution is 5.64.